The van der Waals surface area contributed by atoms with Crippen LogP contribution in [0, 0.1) is 0 Å². The summed E-state index contributed by atoms with van der Waals surface area (Å²) in [4.78, 5) is 0. The molecule has 99 heavy (non-hydrogen) atoms. The van der Waals surface area contributed by atoms with Crippen molar-refractivity contribution in [3.8, 4) is 0 Å². The van der Waals surface area contributed by atoms with E-state index in [4.69, 9.17) is 46.4 Å². The molecule has 10 aliphatic rings. The first-order valence-corrected chi connectivity index (χ1v) is 57.9. The molecule has 18 rings (SSSR count). The zero-order valence-corrected chi connectivity index (χ0v) is 66.9. The molecule has 8 aromatic rings. The Morgan fingerprint density at radius 2 is 0.545 bits per heavy atom. The molecule has 0 amide bonds. The van der Waals surface area contributed by atoms with Crippen LogP contribution < -0.4 is 0 Å². The first-order chi connectivity index (χ1) is 48.0. The van der Waals surface area contributed by atoms with Gasteiger partial charge in [-0.25, -0.2) is 0 Å². The summed E-state index contributed by atoms with van der Waals surface area (Å²) in [5, 5.41) is 11.7. The van der Waals surface area contributed by atoms with Crippen LogP contribution in [0.25, 0.3) is 43.1 Å². The van der Waals surface area contributed by atoms with E-state index in [2.05, 4.69) is 308 Å². The third-order valence-corrected chi connectivity index (χ3v) is 144. The number of fused-ring (bicyclic) bond motifs is 12. The molecule has 0 aromatic heterocycles. The molecule has 490 valence electrons. The molecule has 8 unspecified atom stereocenters. The molecule has 2 aliphatic heterocycles. The summed E-state index contributed by atoms with van der Waals surface area (Å²) in [6.45, 7) is 15.3. The van der Waals surface area contributed by atoms with E-state index in [9.17, 15) is 17.2 Å². The van der Waals surface area contributed by atoms with Crippen molar-refractivity contribution in [3.05, 3.63) is 376 Å². The van der Waals surface area contributed by atoms with Crippen molar-refractivity contribution in [1.29, 1.82) is 0 Å². The van der Waals surface area contributed by atoms with Crippen LogP contribution in [-0.2, 0) is 14.7 Å². The van der Waals surface area contributed by atoms with Gasteiger partial charge < -0.3 is 0 Å². The molecule has 0 bridgehead atoms. The Hall–Kier alpha value is -6.32. The van der Waals surface area contributed by atoms with Gasteiger partial charge in [0, 0.05) is 0 Å². The van der Waals surface area contributed by atoms with Crippen molar-refractivity contribution >= 4 is 124 Å². The van der Waals surface area contributed by atoms with Crippen LogP contribution in [-0.4, -0.2) is 17.6 Å². The molecule has 0 nitrogen and oxygen atoms in total. The molecule has 0 saturated carbocycles. The predicted octanol–water partition coefficient (Wildman–Crippen LogP) is 27.5. The Labute approximate surface area is 610 Å². The molecular formula is C90H76Cl6HfSi2. The maximum absolute atomic E-state index is 11.9. The standard InChI is InChI=1S/2C45H38Cl2Si.2ClH.Hf/c2*1-4-28-24-40-34(32-22-30-14-6-8-18-36(30)42(46)26-32)16-10-12-20-38(40)44(28)48(3)45-29(5-2)25-41-35(17-11-13-21-39(41)45)33-23-31-15-7-9-19-37(31)43(47)27-33;;;/h2*6-27,34-35,48H,4-5H2,1-3H3;2*1H;/q;;;;+2/p-2. The second-order valence-electron chi connectivity index (χ2n) is 29.6. The number of benzene rings is 8. The van der Waals surface area contributed by atoms with Crippen molar-refractivity contribution in [2.75, 3.05) is 0 Å². The number of halogens is 6. The number of hydrogen-bond acceptors (Lipinski definition) is 0. The Balaban J connectivity index is 1.05. The third kappa shape index (κ3) is 7.31. The van der Waals surface area contributed by atoms with Crippen LogP contribution in [0.5, 0.6) is 0 Å². The van der Waals surface area contributed by atoms with Gasteiger partial charge in [0.15, 0.2) is 0 Å². The van der Waals surface area contributed by atoms with Crippen molar-refractivity contribution in [3.63, 3.8) is 0 Å². The average Bonchev–Trinajstić information content (AvgIpc) is 1.51. The Kier molecular flexibility index (Phi) is 14.8. The number of allylic oxidation sites excluding steroid dienone is 32. The van der Waals surface area contributed by atoms with Gasteiger partial charge in [0.25, 0.3) is 0 Å². The van der Waals surface area contributed by atoms with Gasteiger partial charge in [0.1, 0.15) is 0 Å². The SMILES string of the molecule is CCC1=CC2=C(C=CC=CC2c2cc(Cl)c3ccccc3c2)[C]12[SiH](C)[C]1(C(CC)=CC3=C1C=CC=CC3c1cc(Cl)c3ccccc3c1)[Hf]21([Cl])([Cl])[C]2(C(CC)=CC3=C2C=CC=CC3c2cc(Cl)c3ccccc3c2)[SiH](C)[C]12C(CC)=CC1=C2C=CC=CC1c1cc(Cl)c2ccccc2c1. The van der Waals surface area contributed by atoms with Crippen molar-refractivity contribution in [2.45, 2.75) is 101 Å². The van der Waals surface area contributed by atoms with Gasteiger partial charge in [-0.05, 0) is 0 Å². The molecule has 0 N–H and O–H groups in total. The summed E-state index contributed by atoms with van der Waals surface area (Å²) in [6, 6.07) is 52.8. The molecular weight excluding hydrogens is 1530 g/mol. The molecule has 9 heteroatoms. The molecule has 5 spiro atoms. The summed E-state index contributed by atoms with van der Waals surface area (Å²) in [5.74, 6) is -0.678. The summed E-state index contributed by atoms with van der Waals surface area (Å²) >= 11 is 22.0. The van der Waals surface area contributed by atoms with E-state index < -0.39 is 43.4 Å². The zero-order valence-electron chi connectivity index (χ0n) is 56.5. The summed E-state index contributed by atoms with van der Waals surface area (Å²) in [5.41, 5.74) is 20.8. The fraction of sp³-hybridized carbons (Fsp3) is 0.200. The van der Waals surface area contributed by atoms with Crippen molar-refractivity contribution < 1.29 is 14.7 Å². The summed E-state index contributed by atoms with van der Waals surface area (Å²) in [6.07, 6.45) is 52.5. The number of rotatable bonds is 8. The first-order valence-electron chi connectivity index (χ1n) is 35.7. The van der Waals surface area contributed by atoms with Crippen LogP contribution in [0.4, 0.5) is 0 Å². The molecule has 2 heterocycles. The van der Waals surface area contributed by atoms with E-state index in [1.54, 1.807) is 0 Å². The monoisotopic (exact) mass is 1600 g/mol. The zero-order chi connectivity index (χ0) is 68.0. The minimum atomic E-state index is -8.16. The van der Waals surface area contributed by atoms with Crippen molar-refractivity contribution in [1.82, 2.24) is 0 Å². The van der Waals surface area contributed by atoms with E-state index >= 15 is 0 Å². The van der Waals surface area contributed by atoms with E-state index in [1.165, 1.54) is 66.9 Å². The topological polar surface area (TPSA) is 0 Å². The van der Waals surface area contributed by atoms with Gasteiger partial charge in [0.05, 0.1) is 0 Å². The van der Waals surface area contributed by atoms with Crippen molar-refractivity contribution in [2.24, 2.45) is 0 Å². The minimum absolute atomic E-state index is 0.169. The Morgan fingerprint density at radius 3 is 0.768 bits per heavy atom. The quantitative estimate of drug-likeness (QED) is 0.133. The predicted molar refractivity (Wildman–Crippen MR) is 430 cm³/mol. The molecule has 8 atom stereocenters. The normalized spacial score (nSPS) is 30.5. The van der Waals surface area contributed by atoms with E-state index in [-0.39, 0.29) is 23.7 Å². The van der Waals surface area contributed by atoms with Crippen LogP contribution in [0.1, 0.15) is 99.3 Å². The fourth-order valence-electron chi connectivity index (χ4n) is 24.4. The summed E-state index contributed by atoms with van der Waals surface area (Å²) < 4.78 is -3.25. The Bertz CT molecular complexity index is 4920. The van der Waals surface area contributed by atoms with Gasteiger partial charge in [-0.15, -0.1) is 0 Å². The summed E-state index contributed by atoms with van der Waals surface area (Å²) in [7, 11) is 18.2. The van der Waals surface area contributed by atoms with Crippen LogP contribution in [0.3, 0.4) is 0 Å². The van der Waals surface area contributed by atoms with Gasteiger partial charge in [-0.1, -0.05) is 0 Å². The molecule has 2 fully saturated rings. The van der Waals surface area contributed by atoms with Gasteiger partial charge in [-0.2, -0.15) is 0 Å². The average molecular weight is 1600 g/mol. The van der Waals surface area contributed by atoms with E-state index in [1.807, 2.05) is 0 Å². The van der Waals surface area contributed by atoms with E-state index in [0.717, 1.165) is 111 Å². The maximum atomic E-state index is 11.9. The Morgan fingerprint density at radius 1 is 0.323 bits per heavy atom. The van der Waals surface area contributed by atoms with Crippen LogP contribution in [0.15, 0.2) is 334 Å². The van der Waals surface area contributed by atoms with Gasteiger partial charge >= 0.3 is 617 Å². The van der Waals surface area contributed by atoms with Crippen LogP contribution in [0.2, 0.25) is 44.4 Å². The van der Waals surface area contributed by atoms with Gasteiger partial charge in [-0.3, -0.25) is 0 Å². The van der Waals surface area contributed by atoms with Gasteiger partial charge in [0.2, 0.25) is 0 Å². The third-order valence-electron chi connectivity index (χ3n) is 26.8. The molecule has 0 radical (unpaired) electrons. The molecule has 2 saturated heterocycles. The second-order valence-corrected chi connectivity index (χ2v) is 85.6. The van der Waals surface area contributed by atoms with Crippen LogP contribution >= 0.6 is 63.6 Å². The molecule has 8 aromatic carbocycles. The fourth-order valence-corrected chi connectivity index (χ4v) is 196. The first kappa shape index (κ1) is 64.8. The number of hydrogen-bond donors (Lipinski definition) is 0. The molecule has 8 aliphatic carbocycles. The van der Waals surface area contributed by atoms with E-state index in [0.29, 0.717) is 0 Å². The second kappa shape index (κ2) is 22.6.